The Labute approximate surface area is 186 Å². The van der Waals surface area contributed by atoms with Gasteiger partial charge in [-0.05, 0) is 57.1 Å². The monoisotopic (exact) mass is 444 g/mol. The Hall–Kier alpha value is -1.34. The molecule has 0 unspecified atom stereocenters. The maximum Gasteiger partial charge on any atom is 0.251 e. The first kappa shape index (κ1) is 25.7. The number of likely N-dealkylation sites (N-methyl/N-ethyl adjacent to an activating group) is 1. The molecule has 0 spiro atoms. The summed E-state index contributed by atoms with van der Waals surface area (Å²) in [6.07, 6.45) is 4.48. The third kappa shape index (κ3) is 6.32. The van der Waals surface area contributed by atoms with Crippen molar-refractivity contribution in [2.24, 2.45) is 11.3 Å². The summed E-state index contributed by atoms with van der Waals surface area (Å²) < 4.78 is 0. The van der Waals surface area contributed by atoms with Crippen LogP contribution in [0, 0.1) is 11.3 Å². The third-order valence-corrected chi connectivity index (χ3v) is 5.98. The first-order valence-corrected chi connectivity index (χ1v) is 10.0. The highest BCUT2D eigenvalue weighted by Gasteiger charge is 2.49. The fraction of sp³-hybridized carbons (Fsp3) is 0.619. The first-order valence-electron chi connectivity index (χ1n) is 10.0. The SMILES string of the molecule is CN(C)CCNC(=O)c1cccc(CNC(=O)[C@@]23CCCC[C@H]2CNC3)c1.Cl.Cl. The van der Waals surface area contributed by atoms with Crippen molar-refractivity contribution in [3.63, 3.8) is 0 Å². The van der Waals surface area contributed by atoms with E-state index in [0.29, 0.717) is 24.6 Å². The maximum absolute atomic E-state index is 13.0. The lowest BCUT2D eigenvalue weighted by molar-refractivity contribution is -0.134. The molecule has 0 radical (unpaired) electrons. The van der Waals surface area contributed by atoms with Gasteiger partial charge in [0.1, 0.15) is 0 Å². The Morgan fingerprint density at radius 1 is 1.21 bits per heavy atom. The molecule has 3 rings (SSSR count). The van der Waals surface area contributed by atoms with Gasteiger partial charge in [-0.25, -0.2) is 0 Å². The van der Waals surface area contributed by atoms with E-state index >= 15 is 0 Å². The quantitative estimate of drug-likeness (QED) is 0.602. The molecule has 1 aromatic carbocycles. The van der Waals surface area contributed by atoms with Crippen molar-refractivity contribution in [3.05, 3.63) is 35.4 Å². The second-order valence-electron chi connectivity index (χ2n) is 8.17. The summed E-state index contributed by atoms with van der Waals surface area (Å²) in [7, 11) is 3.96. The molecule has 2 amide bonds. The average molecular weight is 445 g/mol. The third-order valence-electron chi connectivity index (χ3n) is 5.98. The fourth-order valence-electron chi connectivity index (χ4n) is 4.37. The van der Waals surface area contributed by atoms with Crippen LogP contribution in [-0.4, -0.2) is 57.0 Å². The Bertz CT molecular complexity index is 686. The average Bonchev–Trinajstić information content (AvgIpc) is 3.11. The Morgan fingerprint density at radius 3 is 2.76 bits per heavy atom. The molecule has 1 saturated heterocycles. The van der Waals surface area contributed by atoms with Gasteiger partial charge in [0.2, 0.25) is 5.91 Å². The number of amides is 2. The molecule has 6 nitrogen and oxygen atoms in total. The van der Waals surface area contributed by atoms with E-state index in [1.807, 2.05) is 43.3 Å². The van der Waals surface area contributed by atoms with Crippen molar-refractivity contribution >= 4 is 36.6 Å². The van der Waals surface area contributed by atoms with Gasteiger partial charge in [-0.15, -0.1) is 24.8 Å². The standard InChI is InChI=1S/C21H32N4O2.2ClH/c1-25(2)11-10-23-19(26)17-7-5-6-16(12-17)13-24-20(27)21-9-4-3-8-18(21)14-22-15-21;;/h5-7,12,18,22H,3-4,8-11,13-15H2,1-2H3,(H,23,26)(H,24,27);2*1H/t18-,21+;;/m0../s1. The highest BCUT2D eigenvalue weighted by molar-refractivity contribution is 5.94. The number of carbonyl (C=O) groups is 2. The molecule has 1 aliphatic heterocycles. The van der Waals surface area contributed by atoms with Crippen molar-refractivity contribution in [3.8, 4) is 0 Å². The predicted molar refractivity (Wildman–Crippen MR) is 121 cm³/mol. The molecule has 3 N–H and O–H groups in total. The zero-order valence-electron chi connectivity index (χ0n) is 17.3. The van der Waals surface area contributed by atoms with Crippen molar-refractivity contribution in [1.29, 1.82) is 0 Å². The summed E-state index contributed by atoms with van der Waals surface area (Å²) in [4.78, 5) is 27.3. The summed E-state index contributed by atoms with van der Waals surface area (Å²) >= 11 is 0. The van der Waals surface area contributed by atoms with E-state index in [1.54, 1.807) is 0 Å². The zero-order chi connectivity index (χ0) is 19.3. The largest absolute Gasteiger partial charge is 0.351 e. The summed E-state index contributed by atoms with van der Waals surface area (Å²) in [5, 5.41) is 9.48. The van der Waals surface area contributed by atoms with E-state index in [2.05, 4.69) is 16.0 Å². The summed E-state index contributed by atoms with van der Waals surface area (Å²) in [6, 6.07) is 7.52. The van der Waals surface area contributed by atoms with Crippen LogP contribution in [0.1, 0.15) is 41.6 Å². The molecule has 1 saturated carbocycles. The number of nitrogens with one attached hydrogen (secondary N) is 3. The number of nitrogens with zero attached hydrogens (tertiary/aromatic N) is 1. The van der Waals surface area contributed by atoms with Gasteiger partial charge in [-0.1, -0.05) is 25.0 Å². The molecule has 8 heteroatoms. The number of fused-ring (bicyclic) bond motifs is 1. The summed E-state index contributed by atoms with van der Waals surface area (Å²) in [5.74, 6) is 0.550. The van der Waals surface area contributed by atoms with Gasteiger partial charge in [0.25, 0.3) is 5.91 Å². The van der Waals surface area contributed by atoms with Gasteiger partial charge < -0.3 is 20.9 Å². The summed E-state index contributed by atoms with van der Waals surface area (Å²) in [6.45, 7) is 3.63. The zero-order valence-corrected chi connectivity index (χ0v) is 19.0. The molecule has 29 heavy (non-hydrogen) atoms. The van der Waals surface area contributed by atoms with Crippen molar-refractivity contribution in [2.45, 2.75) is 32.2 Å². The minimum absolute atomic E-state index is 0. The lowest BCUT2D eigenvalue weighted by Crippen LogP contribution is -2.47. The molecule has 1 aliphatic carbocycles. The van der Waals surface area contributed by atoms with Crippen molar-refractivity contribution < 1.29 is 9.59 Å². The van der Waals surface area contributed by atoms with Crippen LogP contribution in [0.3, 0.4) is 0 Å². The van der Waals surface area contributed by atoms with Gasteiger partial charge in [0.05, 0.1) is 5.41 Å². The number of halogens is 2. The Morgan fingerprint density at radius 2 is 2.00 bits per heavy atom. The summed E-state index contributed by atoms with van der Waals surface area (Å²) in [5.41, 5.74) is 1.36. The minimum atomic E-state index is -0.237. The number of hydrogen-bond donors (Lipinski definition) is 3. The van der Waals surface area contributed by atoms with E-state index < -0.39 is 0 Å². The molecule has 2 fully saturated rings. The second-order valence-corrected chi connectivity index (χ2v) is 8.17. The highest BCUT2D eigenvalue weighted by atomic mass is 35.5. The number of benzene rings is 1. The molecule has 0 aromatic heterocycles. The molecule has 164 valence electrons. The van der Waals surface area contributed by atoms with Crippen LogP contribution >= 0.6 is 24.8 Å². The fourth-order valence-corrected chi connectivity index (χ4v) is 4.37. The topological polar surface area (TPSA) is 73.5 Å². The van der Waals surface area contributed by atoms with Gasteiger partial charge in [-0.2, -0.15) is 0 Å². The Kier molecular flexibility index (Phi) is 10.4. The van der Waals surface area contributed by atoms with Crippen molar-refractivity contribution in [2.75, 3.05) is 40.3 Å². The smallest absolute Gasteiger partial charge is 0.251 e. The number of carbonyl (C=O) groups excluding carboxylic acids is 2. The van der Waals surface area contributed by atoms with E-state index in [1.165, 1.54) is 6.42 Å². The maximum atomic E-state index is 13.0. The highest BCUT2D eigenvalue weighted by Crippen LogP contribution is 2.43. The molecule has 2 aliphatic rings. The van der Waals surface area contributed by atoms with Crippen LogP contribution in [0.25, 0.3) is 0 Å². The van der Waals surface area contributed by atoms with Crippen LogP contribution < -0.4 is 16.0 Å². The first-order chi connectivity index (χ1) is 13.0. The van der Waals surface area contributed by atoms with Crippen LogP contribution in [0.4, 0.5) is 0 Å². The molecule has 1 aromatic rings. The predicted octanol–water partition coefficient (Wildman–Crippen LogP) is 2.22. The van der Waals surface area contributed by atoms with Crippen LogP contribution in [-0.2, 0) is 11.3 Å². The number of rotatable bonds is 7. The minimum Gasteiger partial charge on any atom is -0.351 e. The van der Waals surface area contributed by atoms with E-state index in [0.717, 1.165) is 44.5 Å². The van der Waals surface area contributed by atoms with Gasteiger partial charge in [-0.3, -0.25) is 9.59 Å². The van der Waals surface area contributed by atoms with Gasteiger partial charge >= 0.3 is 0 Å². The van der Waals surface area contributed by atoms with Crippen molar-refractivity contribution in [1.82, 2.24) is 20.9 Å². The van der Waals surface area contributed by atoms with E-state index in [9.17, 15) is 9.59 Å². The lowest BCUT2D eigenvalue weighted by atomic mass is 9.67. The lowest BCUT2D eigenvalue weighted by Gasteiger charge is -2.37. The molecular weight excluding hydrogens is 411 g/mol. The van der Waals surface area contributed by atoms with Crippen LogP contribution in [0.5, 0.6) is 0 Å². The van der Waals surface area contributed by atoms with Crippen LogP contribution in [0.2, 0.25) is 0 Å². The van der Waals surface area contributed by atoms with E-state index in [4.69, 9.17) is 0 Å². The van der Waals surface area contributed by atoms with E-state index in [-0.39, 0.29) is 42.0 Å². The molecule has 1 heterocycles. The van der Waals surface area contributed by atoms with Crippen LogP contribution in [0.15, 0.2) is 24.3 Å². The van der Waals surface area contributed by atoms with Gasteiger partial charge in [0, 0.05) is 31.7 Å². The van der Waals surface area contributed by atoms with Gasteiger partial charge in [0.15, 0.2) is 0 Å². The number of hydrogen-bond acceptors (Lipinski definition) is 4. The normalized spacial score (nSPS) is 22.8. The molecule has 0 bridgehead atoms. The second kappa shape index (κ2) is 11.7. The molecule has 2 atom stereocenters. The molecular formula is C21H34Cl2N4O2. The Balaban J connectivity index is 0.00000210.